The average molecular weight is 364 g/mol. The number of aromatic nitrogens is 1. The molecule has 0 atom stereocenters. The molecular weight excluding hydrogens is 340 g/mol. The summed E-state index contributed by atoms with van der Waals surface area (Å²) in [6.45, 7) is 5.62. The lowest BCUT2D eigenvalue weighted by Gasteiger charge is -2.09. The van der Waals surface area contributed by atoms with Crippen LogP contribution in [0.1, 0.15) is 44.6 Å². The van der Waals surface area contributed by atoms with E-state index >= 15 is 0 Å². The summed E-state index contributed by atoms with van der Waals surface area (Å²) >= 11 is 0. The molecule has 140 valence electrons. The molecule has 1 amide bonds. The van der Waals surface area contributed by atoms with Crippen molar-refractivity contribution >= 4 is 22.5 Å². The topological polar surface area (TPSA) is 71.2 Å². The minimum atomic E-state index is -0.194. The van der Waals surface area contributed by atoms with Gasteiger partial charge in [-0.25, -0.2) is 0 Å². The number of carbonyl (C=O) groups excluding carboxylic acids is 2. The number of hydrogen-bond donors (Lipinski definition) is 2. The number of aromatic amines is 1. The van der Waals surface area contributed by atoms with Gasteiger partial charge in [-0.2, -0.15) is 0 Å². The number of aryl methyl sites for hydroxylation is 1. The van der Waals surface area contributed by atoms with E-state index in [1.54, 1.807) is 14.0 Å². The molecule has 5 heteroatoms. The Balaban J connectivity index is 1.74. The fourth-order valence-corrected chi connectivity index (χ4v) is 3.57. The fourth-order valence-electron chi connectivity index (χ4n) is 3.57. The van der Waals surface area contributed by atoms with Crippen LogP contribution >= 0.6 is 0 Å². The largest absolute Gasteiger partial charge is 0.497 e. The van der Waals surface area contributed by atoms with E-state index in [-0.39, 0.29) is 11.7 Å². The first-order valence-electron chi connectivity index (χ1n) is 8.96. The van der Waals surface area contributed by atoms with Gasteiger partial charge in [0.25, 0.3) is 5.91 Å². The molecule has 1 aromatic heterocycles. The number of amides is 1. The first-order valence-corrected chi connectivity index (χ1v) is 8.96. The minimum absolute atomic E-state index is 0.0370. The predicted octanol–water partition coefficient (Wildman–Crippen LogP) is 3.97. The lowest BCUT2D eigenvalue weighted by atomic mass is 10.0. The van der Waals surface area contributed by atoms with Crippen LogP contribution < -0.4 is 10.1 Å². The van der Waals surface area contributed by atoms with E-state index in [1.165, 1.54) is 6.92 Å². The Kier molecular flexibility index (Phi) is 5.31. The molecule has 0 saturated carbocycles. The van der Waals surface area contributed by atoms with Gasteiger partial charge in [0, 0.05) is 17.8 Å². The second kappa shape index (κ2) is 7.66. The second-order valence-corrected chi connectivity index (χ2v) is 6.69. The van der Waals surface area contributed by atoms with Gasteiger partial charge in [-0.15, -0.1) is 0 Å². The lowest BCUT2D eigenvalue weighted by molar-refractivity contribution is 0.0949. The minimum Gasteiger partial charge on any atom is -0.497 e. The summed E-state index contributed by atoms with van der Waals surface area (Å²) in [7, 11) is 1.65. The number of hydrogen-bond acceptors (Lipinski definition) is 3. The maximum atomic E-state index is 12.5. The van der Waals surface area contributed by atoms with Crippen molar-refractivity contribution in [1.29, 1.82) is 0 Å². The van der Waals surface area contributed by atoms with Gasteiger partial charge in [-0.3, -0.25) is 9.59 Å². The Morgan fingerprint density at radius 1 is 1.15 bits per heavy atom. The maximum absolute atomic E-state index is 12.5. The Morgan fingerprint density at radius 2 is 1.93 bits per heavy atom. The smallest absolute Gasteiger partial charge is 0.268 e. The third-order valence-corrected chi connectivity index (χ3v) is 4.88. The van der Waals surface area contributed by atoms with E-state index in [0.717, 1.165) is 27.8 Å². The summed E-state index contributed by atoms with van der Waals surface area (Å²) in [6.07, 6.45) is 0.703. The number of benzene rings is 2. The van der Waals surface area contributed by atoms with Crippen molar-refractivity contribution in [1.82, 2.24) is 10.3 Å². The van der Waals surface area contributed by atoms with E-state index in [1.807, 2.05) is 31.2 Å². The number of ketones is 1. The molecule has 3 aromatic rings. The molecule has 0 bridgehead atoms. The fraction of sp³-hybridized carbons (Fsp3) is 0.273. The van der Waals surface area contributed by atoms with Crippen LogP contribution in [-0.2, 0) is 6.42 Å². The zero-order valence-corrected chi connectivity index (χ0v) is 16.1. The first kappa shape index (κ1) is 18.7. The molecule has 2 aromatic carbocycles. The van der Waals surface area contributed by atoms with Gasteiger partial charge in [0.15, 0.2) is 5.78 Å². The Bertz CT molecular complexity index is 1020. The molecule has 1 heterocycles. The average Bonchev–Trinajstić information content (AvgIpc) is 2.95. The third kappa shape index (κ3) is 3.72. The standard InChI is InChI=1S/C22H24N2O3/c1-13-20(15(3)25)14(2)24-21(13)22(26)23-11-10-17-7-5-6-16-8-9-18(27-4)12-19(16)17/h5-9,12,24H,10-11H2,1-4H3,(H,23,26). The van der Waals surface area contributed by atoms with Crippen molar-refractivity contribution in [3.05, 3.63) is 64.5 Å². The monoisotopic (exact) mass is 364 g/mol. The summed E-state index contributed by atoms with van der Waals surface area (Å²) in [5.74, 6) is 0.583. The van der Waals surface area contributed by atoms with Crippen LogP contribution in [0.3, 0.4) is 0 Å². The van der Waals surface area contributed by atoms with Crippen molar-refractivity contribution in [2.45, 2.75) is 27.2 Å². The first-order chi connectivity index (χ1) is 12.9. The number of rotatable bonds is 6. The molecule has 0 radical (unpaired) electrons. The number of Topliss-reactive ketones (excluding diaryl/α,β-unsaturated/α-hetero) is 1. The highest BCUT2D eigenvalue weighted by Crippen LogP contribution is 2.24. The molecule has 0 aliphatic rings. The van der Waals surface area contributed by atoms with E-state index in [9.17, 15) is 9.59 Å². The lowest BCUT2D eigenvalue weighted by Crippen LogP contribution is -2.26. The summed E-state index contributed by atoms with van der Waals surface area (Å²) in [6, 6.07) is 12.1. The quantitative estimate of drug-likeness (QED) is 0.650. The van der Waals surface area contributed by atoms with Crippen molar-refractivity contribution in [2.24, 2.45) is 0 Å². The van der Waals surface area contributed by atoms with Gasteiger partial charge in [-0.05, 0) is 61.2 Å². The third-order valence-electron chi connectivity index (χ3n) is 4.88. The van der Waals surface area contributed by atoms with Gasteiger partial charge < -0.3 is 15.0 Å². The summed E-state index contributed by atoms with van der Waals surface area (Å²) < 4.78 is 5.32. The Labute approximate surface area is 158 Å². The molecule has 0 fully saturated rings. The summed E-state index contributed by atoms with van der Waals surface area (Å²) in [4.78, 5) is 27.3. The Morgan fingerprint density at radius 3 is 2.59 bits per heavy atom. The van der Waals surface area contributed by atoms with Crippen molar-refractivity contribution < 1.29 is 14.3 Å². The zero-order chi connectivity index (χ0) is 19.6. The maximum Gasteiger partial charge on any atom is 0.268 e. The number of ether oxygens (including phenoxy) is 1. The Hall–Kier alpha value is -3.08. The molecule has 5 nitrogen and oxygen atoms in total. The molecule has 0 aliphatic carbocycles. The molecule has 0 spiro atoms. The molecule has 0 unspecified atom stereocenters. The SMILES string of the molecule is COc1ccc2cccc(CCNC(=O)c3[nH]c(C)c(C(C)=O)c3C)c2c1. The predicted molar refractivity (Wildman–Crippen MR) is 107 cm³/mol. The number of carbonyl (C=O) groups is 2. The van der Waals surface area contributed by atoms with E-state index in [0.29, 0.717) is 29.8 Å². The highest BCUT2D eigenvalue weighted by molar-refractivity contribution is 6.02. The van der Waals surface area contributed by atoms with Gasteiger partial charge in [-0.1, -0.05) is 24.3 Å². The highest BCUT2D eigenvalue weighted by Gasteiger charge is 2.19. The second-order valence-electron chi connectivity index (χ2n) is 6.69. The van der Waals surface area contributed by atoms with Crippen LogP contribution in [0, 0.1) is 13.8 Å². The molecule has 0 aliphatic heterocycles. The highest BCUT2D eigenvalue weighted by atomic mass is 16.5. The van der Waals surface area contributed by atoms with Crippen molar-refractivity contribution in [3.63, 3.8) is 0 Å². The number of nitrogens with one attached hydrogen (secondary N) is 2. The van der Waals surface area contributed by atoms with Crippen LogP contribution in [-0.4, -0.2) is 30.3 Å². The summed E-state index contributed by atoms with van der Waals surface area (Å²) in [5, 5.41) is 5.21. The normalized spacial score (nSPS) is 10.8. The summed E-state index contributed by atoms with van der Waals surface area (Å²) in [5.41, 5.74) is 3.63. The molecular formula is C22H24N2O3. The zero-order valence-electron chi connectivity index (χ0n) is 16.1. The van der Waals surface area contributed by atoms with Gasteiger partial charge in [0.05, 0.1) is 7.11 Å². The van der Waals surface area contributed by atoms with E-state index < -0.39 is 0 Å². The van der Waals surface area contributed by atoms with Crippen molar-refractivity contribution in [3.8, 4) is 5.75 Å². The van der Waals surface area contributed by atoms with Crippen molar-refractivity contribution in [2.75, 3.05) is 13.7 Å². The van der Waals surface area contributed by atoms with E-state index in [2.05, 4.69) is 22.4 Å². The molecule has 27 heavy (non-hydrogen) atoms. The molecule has 0 saturated heterocycles. The van der Waals surface area contributed by atoms with Gasteiger partial charge >= 0.3 is 0 Å². The number of H-pyrrole nitrogens is 1. The van der Waals surface area contributed by atoms with E-state index in [4.69, 9.17) is 4.74 Å². The van der Waals surface area contributed by atoms with Crippen LogP contribution in [0.25, 0.3) is 10.8 Å². The van der Waals surface area contributed by atoms with Crippen LogP contribution in [0.4, 0.5) is 0 Å². The van der Waals surface area contributed by atoms with Gasteiger partial charge in [0.2, 0.25) is 0 Å². The molecule has 3 rings (SSSR count). The van der Waals surface area contributed by atoms with Crippen LogP contribution in [0.2, 0.25) is 0 Å². The van der Waals surface area contributed by atoms with Gasteiger partial charge in [0.1, 0.15) is 11.4 Å². The van der Waals surface area contributed by atoms with Crippen LogP contribution in [0.15, 0.2) is 36.4 Å². The number of fused-ring (bicyclic) bond motifs is 1. The van der Waals surface area contributed by atoms with Crippen LogP contribution in [0.5, 0.6) is 5.75 Å². The number of methoxy groups -OCH3 is 1. The molecule has 2 N–H and O–H groups in total.